The van der Waals surface area contributed by atoms with E-state index in [-0.39, 0.29) is 16.3 Å². The van der Waals surface area contributed by atoms with E-state index in [4.69, 9.17) is 0 Å². The molecule has 0 saturated heterocycles. The van der Waals surface area contributed by atoms with Crippen molar-refractivity contribution in [1.82, 2.24) is 4.31 Å². The molecule has 0 spiro atoms. The Morgan fingerprint density at radius 1 is 1.12 bits per heavy atom. The highest BCUT2D eigenvalue weighted by Gasteiger charge is 2.23. The van der Waals surface area contributed by atoms with Crippen molar-refractivity contribution in [2.75, 3.05) is 18.9 Å². The smallest absolute Gasteiger partial charge is 0.292 e. The lowest BCUT2D eigenvalue weighted by atomic mass is 10.2. The van der Waals surface area contributed by atoms with Gasteiger partial charge in [-0.25, -0.2) is 8.42 Å². The monoisotopic (exact) mass is 349 g/mol. The Labute approximate surface area is 138 Å². The predicted molar refractivity (Wildman–Crippen MR) is 88.0 cm³/mol. The second-order valence-corrected chi connectivity index (χ2v) is 6.94. The number of benzene rings is 2. The van der Waals surface area contributed by atoms with Gasteiger partial charge in [-0.2, -0.15) is 4.31 Å². The summed E-state index contributed by atoms with van der Waals surface area (Å²) in [6, 6.07) is 13.3. The maximum absolute atomic E-state index is 12.3. The molecule has 0 saturated carbocycles. The number of hydrogen-bond acceptors (Lipinski definition) is 5. The minimum atomic E-state index is -3.81. The highest BCUT2D eigenvalue weighted by molar-refractivity contribution is 7.89. The van der Waals surface area contributed by atoms with E-state index in [1.54, 1.807) is 18.2 Å². The summed E-state index contributed by atoms with van der Waals surface area (Å²) in [6.07, 6.45) is 0. The SMILES string of the molecule is CN(CC(=O)Nc1ccccc1[N+](=O)[O-])S(=O)(=O)c1ccccc1. The number of rotatable bonds is 6. The van der Waals surface area contributed by atoms with Gasteiger partial charge in [0, 0.05) is 13.1 Å². The number of nitro benzene ring substituents is 1. The van der Waals surface area contributed by atoms with Crippen LogP contribution in [0.2, 0.25) is 0 Å². The highest BCUT2D eigenvalue weighted by atomic mass is 32.2. The van der Waals surface area contributed by atoms with Crippen LogP contribution in [-0.2, 0) is 14.8 Å². The van der Waals surface area contributed by atoms with E-state index < -0.39 is 27.4 Å². The van der Waals surface area contributed by atoms with Crippen LogP contribution in [0.3, 0.4) is 0 Å². The fourth-order valence-electron chi connectivity index (χ4n) is 1.99. The summed E-state index contributed by atoms with van der Waals surface area (Å²) in [5.74, 6) is -0.675. The minimum absolute atomic E-state index is 0.0120. The molecule has 9 heteroatoms. The van der Waals surface area contributed by atoms with Crippen LogP contribution in [0.15, 0.2) is 59.5 Å². The van der Waals surface area contributed by atoms with Crippen LogP contribution in [-0.4, -0.2) is 37.1 Å². The van der Waals surface area contributed by atoms with E-state index >= 15 is 0 Å². The average Bonchev–Trinajstić information content (AvgIpc) is 2.55. The Hall–Kier alpha value is -2.78. The first kappa shape index (κ1) is 17.6. The third-order valence-electron chi connectivity index (χ3n) is 3.19. The van der Waals surface area contributed by atoms with Crippen LogP contribution in [0.1, 0.15) is 0 Å². The molecule has 8 nitrogen and oxygen atoms in total. The Balaban J connectivity index is 2.12. The van der Waals surface area contributed by atoms with E-state index in [0.717, 1.165) is 4.31 Å². The molecule has 24 heavy (non-hydrogen) atoms. The molecule has 2 aromatic carbocycles. The van der Waals surface area contributed by atoms with Crippen molar-refractivity contribution >= 4 is 27.3 Å². The van der Waals surface area contributed by atoms with E-state index in [1.165, 1.54) is 43.4 Å². The molecule has 0 fully saturated rings. The lowest BCUT2D eigenvalue weighted by Gasteiger charge is -2.16. The standard InChI is InChI=1S/C15H15N3O5S/c1-17(24(22,23)12-7-3-2-4-8-12)11-15(19)16-13-9-5-6-10-14(13)18(20)21/h2-10H,11H2,1H3,(H,16,19). The quantitative estimate of drug-likeness (QED) is 0.632. The number of para-hydroxylation sites is 2. The third kappa shape index (κ3) is 3.94. The summed E-state index contributed by atoms with van der Waals surface area (Å²) in [6.45, 7) is -0.469. The Morgan fingerprint density at radius 2 is 1.71 bits per heavy atom. The number of nitrogens with zero attached hydrogens (tertiary/aromatic N) is 2. The normalized spacial score (nSPS) is 11.2. The molecule has 0 heterocycles. The number of carbonyl (C=O) groups excluding carboxylic acids is 1. The van der Waals surface area contributed by atoms with Gasteiger partial charge < -0.3 is 5.32 Å². The fraction of sp³-hybridized carbons (Fsp3) is 0.133. The van der Waals surface area contributed by atoms with Crippen molar-refractivity contribution in [2.45, 2.75) is 4.90 Å². The predicted octanol–water partition coefficient (Wildman–Crippen LogP) is 1.85. The summed E-state index contributed by atoms with van der Waals surface area (Å²) in [5, 5.41) is 13.3. The van der Waals surface area contributed by atoms with E-state index in [9.17, 15) is 23.3 Å². The van der Waals surface area contributed by atoms with Crippen LogP contribution in [0.4, 0.5) is 11.4 Å². The molecule has 0 radical (unpaired) electrons. The van der Waals surface area contributed by atoms with E-state index in [1.807, 2.05) is 0 Å². The third-order valence-corrected chi connectivity index (χ3v) is 5.01. The summed E-state index contributed by atoms with van der Waals surface area (Å²) < 4.78 is 25.5. The first-order chi connectivity index (χ1) is 11.3. The first-order valence-corrected chi connectivity index (χ1v) is 8.31. The number of amides is 1. The van der Waals surface area contributed by atoms with Gasteiger partial charge in [-0.1, -0.05) is 30.3 Å². The number of likely N-dealkylation sites (N-methyl/N-ethyl adjacent to an activating group) is 1. The maximum atomic E-state index is 12.3. The van der Waals surface area contributed by atoms with Crippen LogP contribution in [0.25, 0.3) is 0 Å². The summed E-state index contributed by atoms with van der Waals surface area (Å²) >= 11 is 0. The van der Waals surface area contributed by atoms with Crippen molar-refractivity contribution in [3.05, 3.63) is 64.7 Å². The van der Waals surface area contributed by atoms with E-state index in [2.05, 4.69) is 5.32 Å². The Kier molecular flexibility index (Phi) is 5.27. The van der Waals surface area contributed by atoms with E-state index in [0.29, 0.717) is 0 Å². The Morgan fingerprint density at radius 3 is 2.33 bits per heavy atom. The molecule has 0 bridgehead atoms. The molecule has 0 unspecified atom stereocenters. The van der Waals surface area contributed by atoms with Gasteiger partial charge in [-0.05, 0) is 18.2 Å². The molecule has 2 aromatic rings. The molecular formula is C15H15N3O5S. The van der Waals surface area contributed by atoms with Gasteiger partial charge in [-0.15, -0.1) is 0 Å². The average molecular weight is 349 g/mol. The van der Waals surface area contributed by atoms with Crippen LogP contribution < -0.4 is 5.32 Å². The molecule has 0 aromatic heterocycles. The number of nitro groups is 1. The zero-order valence-corrected chi connectivity index (χ0v) is 13.6. The maximum Gasteiger partial charge on any atom is 0.292 e. The van der Waals surface area contributed by atoms with Gasteiger partial charge in [0.15, 0.2) is 0 Å². The largest absolute Gasteiger partial charge is 0.319 e. The zero-order valence-electron chi connectivity index (χ0n) is 12.7. The van der Waals surface area contributed by atoms with Crippen molar-refractivity contribution in [3.8, 4) is 0 Å². The number of anilines is 1. The van der Waals surface area contributed by atoms with Gasteiger partial charge in [-0.3, -0.25) is 14.9 Å². The topological polar surface area (TPSA) is 110 Å². The number of nitrogens with one attached hydrogen (secondary N) is 1. The number of carbonyl (C=O) groups is 1. The highest BCUT2D eigenvalue weighted by Crippen LogP contribution is 2.23. The van der Waals surface area contributed by atoms with Crippen molar-refractivity contribution in [2.24, 2.45) is 0 Å². The molecule has 0 atom stereocenters. The van der Waals surface area contributed by atoms with Gasteiger partial charge in [0.05, 0.1) is 16.4 Å². The second kappa shape index (κ2) is 7.20. The van der Waals surface area contributed by atoms with Crippen LogP contribution in [0.5, 0.6) is 0 Å². The van der Waals surface area contributed by atoms with Crippen molar-refractivity contribution in [1.29, 1.82) is 0 Å². The molecule has 1 amide bonds. The minimum Gasteiger partial charge on any atom is -0.319 e. The zero-order chi connectivity index (χ0) is 17.7. The molecule has 0 aliphatic heterocycles. The first-order valence-electron chi connectivity index (χ1n) is 6.87. The molecule has 2 rings (SSSR count). The van der Waals surface area contributed by atoms with Crippen molar-refractivity contribution < 1.29 is 18.1 Å². The fourth-order valence-corrected chi connectivity index (χ4v) is 3.14. The molecular weight excluding hydrogens is 334 g/mol. The molecule has 1 N–H and O–H groups in total. The second-order valence-electron chi connectivity index (χ2n) is 4.90. The summed E-state index contributed by atoms with van der Waals surface area (Å²) in [4.78, 5) is 22.4. The molecule has 0 aliphatic carbocycles. The lowest BCUT2D eigenvalue weighted by molar-refractivity contribution is -0.383. The molecule has 126 valence electrons. The molecule has 0 aliphatic rings. The van der Waals surface area contributed by atoms with Crippen LogP contribution >= 0.6 is 0 Å². The summed E-state index contributed by atoms with van der Waals surface area (Å²) in [5.41, 5.74) is -0.252. The van der Waals surface area contributed by atoms with Crippen LogP contribution in [0, 0.1) is 10.1 Å². The Bertz CT molecular complexity index is 852. The van der Waals surface area contributed by atoms with Gasteiger partial charge in [0.2, 0.25) is 15.9 Å². The van der Waals surface area contributed by atoms with Gasteiger partial charge in [0.1, 0.15) is 5.69 Å². The number of sulfonamides is 1. The lowest BCUT2D eigenvalue weighted by Crippen LogP contribution is -2.35. The number of hydrogen-bond donors (Lipinski definition) is 1. The van der Waals surface area contributed by atoms with Gasteiger partial charge in [0.25, 0.3) is 5.69 Å². The van der Waals surface area contributed by atoms with Gasteiger partial charge >= 0.3 is 0 Å². The van der Waals surface area contributed by atoms with Crippen molar-refractivity contribution in [3.63, 3.8) is 0 Å². The summed E-state index contributed by atoms with van der Waals surface area (Å²) in [7, 11) is -2.55.